The molecule has 2 aromatic heterocycles. The number of aromatic nitrogens is 4. The van der Waals surface area contributed by atoms with Crippen molar-refractivity contribution in [1.29, 1.82) is 0 Å². The van der Waals surface area contributed by atoms with E-state index >= 15 is 0 Å². The van der Waals surface area contributed by atoms with E-state index in [2.05, 4.69) is 20.6 Å². The number of aryl methyl sites for hydroxylation is 1. The van der Waals surface area contributed by atoms with Gasteiger partial charge in [0.1, 0.15) is 5.82 Å². The van der Waals surface area contributed by atoms with Gasteiger partial charge in [0.05, 0.1) is 0 Å². The number of hydrogen-bond acceptors (Lipinski definition) is 5. The zero-order valence-corrected chi connectivity index (χ0v) is 13.2. The molecule has 0 saturated heterocycles. The van der Waals surface area contributed by atoms with Gasteiger partial charge in [-0.3, -0.25) is 4.68 Å². The molecule has 23 heavy (non-hydrogen) atoms. The highest BCUT2D eigenvalue weighted by molar-refractivity contribution is 5.85. The van der Waals surface area contributed by atoms with E-state index in [0.717, 1.165) is 25.1 Å². The summed E-state index contributed by atoms with van der Waals surface area (Å²) in [5.74, 6) is 0.390. The summed E-state index contributed by atoms with van der Waals surface area (Å²) >= 11 is 0. The Morgan fingerprint density at radius 1 is 1.35 bits per heavy atom. The number of nitrogens with zero attached hydrogens (tertiary/aromatic N) is 4. The Morgan fingerprint density at radius 2 is 2.22 bits per heavy atom. The van der Waals surface area contributed by atoms with Gasteiger partial charge in [0, 0.05) is 43.4 Å². The number of nitrogens with one attached hydrogen (secondary N) is 1. The van der Waals surface area contributed by atoms with Crippen LogP contribution in [0.2, 0.25) is 0 Å². The standard InChI is InChI=1S/C15H14FN5O.ClH/c1-21-12-5-6-17-8-11(12)13(19-21)15-18-14(20-22-15)9-3-2-4-10(16)7-9;/h2-4,7,17H,5-6,8H2,1H3;1H. The molecule has 1 N–H and O–H groups in total. The summed E-state index contributed by atoms with van der Waals surface area (Å²) in [6.45, 7) is 1.67. The van der Waals surface area contributed by atoms with Crippen molar-refractivity contribution < 1.29 is 8.91 Å². The minimum Gasteiger partial charge on any atom is -0.332 e. The van der Waals surface area contributed by atoms with E-state index in [1.165, 1.54) is 17.8 Å². The summed E-state index contributed by atoms with van der Waals surface area (Å²) in [5, 5.41) is 11.8. The highest BCUT2D eigenvalue weighted by Gasteiger charge is 2.24. The molecule has 1 aliphatic rings. The van der Waals surface area contributed by atoms with Crippen LogP contribution < -0.4 is 5.32 Å². The Balaban J connectivity index is 0.00000156. The minimum atomic E-state index is -0.330. The first kappa shape index (κ1) is 15.6. The average molecular weight is 336 g/mol. The molecule has 0 radical (unpaired) electrons. The molecule has 0 atom stereocenters. The van der Waals surface area contributed by atoms with Gasteiger partial charge in [0.25, 0.3) is 5.89 Å². The molecule has 0 fully saturated rings. The van der Waals surface area contributed by atoms with Gasteiger partial charge in [-0.1, -0.05) is 17.3 Å². The Hall–Kier alpha value is -2.25. The highest BCUT2D eigenvalue weighted by Crippen LogP contribution is 2.27. The molecule has 8 heteroatoms. The molecule has 1 aliphatic heterocycles. The summed E-state index contributed by atoms with van der Waals surface area (Å²) < 4.78 is 20.5. The zero-order valence-electron chi connectivity index (χ0n) is 12.4. The van der Waals surface area contributed by atoms with Crippen LogP contribution in [-0.2, 0) is 20.0 Å². The largest absolute Gasteiger partial charge is 0.332 e. The van der Waals surface area contributed by atoms with Gasteiger partial charge in [-0.25, -0.2) is 4.39 Å². The number of rotatable bonds is 2. The molecule has 4 rings (SSSR count). The molecule has 3 aromatic rings. The van der Waals surface area contributed by atoms with E-state index in [1.54, 1.807) is 12.1 Å². The van der Waals surface area contributed by atoms with Crippen molar-refractivity contribution in [3.63, 3.8) is 0 Å². The van der Waals surface area contributed by atoms with Crippen LogP contribution in [0.15, 0.2) is 28.8 Å². The van der Waals surface area contributed by atoms with Crippen molar-refractivity contribution in [3.05, 3.63) is 41.3 Å². The van der Waals surface area contributed by atoms with Crippen molar-refractivity contribution in [3.8, 4) is 23.0 Å². The lowest BCUT2D eigenvalue weighted by Crippen LogP contribution is -2.24. The predicted octanol–water partition coefficient (Wildman–Crippen LogP) is 2.34. The third-order valence-corrected chi connectivity index (χ3v) is 3.83. The van der Waals surface area contributed by atoms with Crippen molar-refractivity contribution in [2.24, 2.45) is 7.05 Å². The van der Waals surface area contributed by atoms with Gasteiger partial charge in [-0.2, -0.15) is 10.1 Å². The van der Waals surface area contributed by atoms with Crippen molar-refractivity contribution >= 4 is 12.4 Å². The third-order valence-electron chi connectivity index (χ3n) is 3.83. The van der Waals surface area contributed by atoms with E-state index < -0.39 is 0 Å². The Morgan fingerprint density at radius 3 is 3.04 bits per heavy atom. The summed E-state index contributed by atoms with van der Waals surface area (Å²) in [6.07, 6.45) is 0.920. The number of hydrogen-bond donors (Lipinski definition) is 1. The minimum absolute atomic E-state index is 0. The molecule has 3 heterocycles. The maximum absolute atomic E-state index is 13.3. The van der Waals surface area contributed by atoms with Crippen LogP contribution in [0.5, 0.6) is 0 Å². The molecule has 0 unspecified atom stereocenters. The molecular formula is C15H15ClFN5O. The van der Waals surface area contributed by atoms with E-state index in [0.29, 0.717) is 23.0 Å². The predicted molar refractivity (Wildman–Crippen MR) is 84.6 cm³/mol. The fraction of sp³-hybridized carbons (Fsp3) is 0.267. The number of benzene rings is 1. The van der Waals surface area contributed by atoms with Gasteiger partial charge in [-0.15, -0.1) is 12.4 Å². The van der Waals surface area contributed by atoms with Gasteiger partial charge in [-0.05, 0) is 12.1 Å². The molecule has 0 spiro atoms. The molecule has 0 bridgehead atoms. The van der Waals surface area contributed by atoms with Crippen LogP contribution in [0, 0.1) is 5.82 Å². The zero-order chi connectivity index (χ0) is 15.1. The van der Waals surface area contributed by atoms with E-state index in [9.17, 15) is 4.39 Å². The van der Waals surface area contributed by atoms with Gasteiger partial charge < -0.3 is 9.84 Å². The van der Waals surface area contributed by atoms with Crippen LogP contribution in [-0.4, -0.2) is 26.5 Å². The Kier molecular flexibility index (Phi) is 4.14. The molecule has 0 aliphatic carbocycles. The summed E-state index contributed by atoms with van der Waals surface area (Å²) in [4.78, 5) is 4.37. The van der Waals surface area contributed by atoms with E-state index in [-0.39, 0.29) is 18.2 Å². The summed E-state index contributed by atoms with van der Waals surface area (Å²) in [5.41, 5.74) is 3.54. The second-order valence-electron chi connectivity index (χ2n) is 5.26. The fourth-order valence-corrected chi connectivity index (χ4v) is 2.76. The van der Waals surface area contributed by atoms with Gasteiger partial charge >= 0.3 is 0 Å². The highest BCUT2D eigenvalue weighted by atomic mass is 35.5. The monoisotopic (exact) mass is 335 g/mol. The maximum atomic E-state index is 13.3. The fourth-order valence-electron chi connectivity index (χ4n) is 2.76. The molecule has 0 amide bonds. The second kappa shape index (κ2) is 6.10. The average Bonchev–Trinajstić information content (AvgIpc) is 3.13. The smallest absolute Gasteiger partial charge is 0.279 e. The lowest BCUT2D eigenvalue weighted by Gasteiger charge is -2.13. The first-order valence-corrected chi connectivity index (χ1v) is 7.08. The quantitative estimate of drug-likeness (QED) is 0.778. The van der Waals surface area contributed by atoms with Gasteiger partial charge in [0.15, 0.2) is 5.69 Å². The summed E-state index contributed by atoms with van der Waals surface area (Å²) in [6, 6.07) is 6.12. The van der Waals surface area contributed by atoms with Crippen molar-refractivity contribution in [2.75, 3.05) is 6.54 Å². The Bertz CT molecular complexity index is 844. The SMILES string of the molecule is Cl.Cn1nc(-c2nc(-c3cccc(F)c3)no2)c2c1CCNC2. The van der Waals surface area contributed by atoms with Crippen molar-refractivity contribution in [1.82, 2.24) is 25.2 Å². The molecule has 0 saturated carbocycles. The van der Waals surface area contributed by atoms with Crippen LogP contribution in [0.1, 0.15) is 11.3 Å². The molecule has 6 nitrogen and oxygen atoms in total. The lowest BCUT2D eigenvalue weighted by atomic mass is 10.1. The molecule has 1 aromatic carbocycles. The maximum Gasteiger partial charge on any atom is 0.279 e. The normalized spacial score (nSPS) is 13.5. The van der Waals surface area contributed by atoms with Crippen LogP contribution >= 0.6 is 12.4 Å². The second-order valence-corrected chi connectivity index (χ2v) is 5.26. The van der Waals surface area contributed by atoms with Crippen LogP contribution in [0.3, 0.4) is 0 Å². The van der Waals surface area contributed by atoms with E-state index in [4.69, 9.17) is 4.52 Å². The topological polar surface area (TPSA) is 68.8 Å². The first-order chi connectivity index (χ1) is 10.7. The summed E-state index contributed by atoms with van der Waals surface area (Å²) in [7, 11) is 1.91. The Labute approximate surface area is 138 Å². The number of halogens is 2. The molecule has 120 valence electrons. The van der Waals surface area contributed by atoms with Crippen molar-refractivity contribution in [2.45, 2.75) is 13.0 Å². The lowest BCUT2D eigenvalue weighted by molar-refractivity contribution is 0.430. The van der Waals surface area contributed by atoms with Gasteiger partial charge in [0.2, 0.25) is 5.82 Å². The third kappa shape index (κ3) is 2.73. The molecular weight excluding hydrogens is 321 g/mol. The first-order valence-electron chi connectivity index (χ1n) is 7.08. The van der Waals surface area contributed by atoms with Crippen LogP contribution in [0.4, 0.5) is 4.39 Å². The number of fused-ring (bicyclic) bond motifs is 1. The van der Waals surface area contributed by atoms with Crippen LogP contribution in [0.25, 0.3) is 23.0 Å². The van der Waals surface area contributed by atoms with E-state index in [1.807, 2.05) is 11.7 Å².